The topological polar surface area (TPSA) is 40.6 Å². The molecule has 2 amide bonds. The highest BCUT2D eigenvalue weighted by molar-refractivity contribution is 6.35. The Bertz CT molecular complexity index is 250. The maximum atomic E-state index is 12.3. The largest absolute Gasteiger partial charge is 0.330 e. The third kappa shape index (κ3) is 4.00. The zero-order chi connectivity index (χ0) is 14.6. The van der Waals surface area contributed by atoms with E-state index in [-0.39, 0.29) is 24.2 Å². The molecule has 0 N–H and O–H groups in total. The molecule has 106 valence electrons. The lowest BCUT2D eigenvalue weighted by molar-refractivity contribution is -0.156. The molecule has 0 fully saturated rings. The fourth-order valence-electron chi connectivity index (χ4n) is 2.35. The van der Waals surface area contributed by atoms with Crippen molar-refractivity contribution in [3.8, 4) is 0 Å². The van der Waals surface area contributed by atoms with Gasteiger partial charge in [0.15, 0.2) is 0 Å². The maximum absolute atomic E-state index is 12.3. The summed E-state index contributed by atoms with van der Waals surface area (Å²) in [4.78, 5) is 27.9. The molecule has 0 rings (SSSR count). The van der Waals surface area contributed by atoms with Crippen molar-refractivity contribution in [3.63, 3.8) is 0 Å². The highest BCUT2D eigenvalue weighted by Crippen LogP contribution is 2.11. The van der Waals surface area contributed by atoms with Gasteiger partial charge >= 0.3 is 11.8 Å². The van der Waals surface area contributed by atoms with Crippen LogP contribution in [0.5, 0.6) is 0 Å². The average Bonchev–Trinajstić information content (AvgIpc) is 2.14. The molecule has 0 aromatic rings. The molecule has 0 spiro atoms. The summed E-state index contributed by atoms with van der Waals surface area (Å²) in [5.74, 6) is -0.801. The van der Waals surface area contributed by atoms with Crippen molar-refractivity contribution < 1.29 is 9.59 Å². The van der Waals surface area contributed by atoms with E-state index in [2.05, 4.69) is 0 Å². The van der Waals surface area contributed by atoms with Gasteiger partial charge in [0.1, 0.15) is 0 Å². The number of hydrogen-bond donors (Lipinski definition) is 0. The molecular weight excluding hydrogens is 228 g/mol. The molecular formula is C14H28N2O2. The van der Waals surface area contributed by atoms with Crippen molar-refractivity contribution in [2.24, 2.45) is 0 Å². The molecule has 0 bridgehead atoms. The van der Waals surface area contributed by atoms with E-state index in [1.54, 1.807) is 9.80 Å². The van der Waals surface area contributed by atoms with E-state index >= 15 is 0 Å². The number of carbonyl (C=O) groups excluding carboxylic acids is 2. The van der Waals surface area contributed by atoms with Crippen LogP contribution in [0.2, 0.25) is 0 Å². The summed E-state index contributed by atoms with van der Waals surface area (Å²) in [6, 6.07) is 0.121. The summed E-state index contributed by atoms with van der Waals surface area (Å²) in [7, 11) is 0. The van der Waals surface area contributed by atoms with Crippen LogP contribution in [0.3, 0.4) is 0 Å². The van der Waals surface area contributed by atoms with Crippen LogP contribution in [0, 0.1) is 0 Å². The molecule has 4 nitrogen and oxygen atoms in total. The number of amides is 2. The van der Waals surface area contributed by atoms with Crippen molar-refractivity contribution in [1.29, 1.82) is 0 Å². The van der Waals surface area contributed by atoms with Gasteiger partial charge in [0.05, 0.1) is 0 Å². The van der Waals surface area contributed by atoms with Crippen LogP contribution in [0.15, 0.2) is 0 Å². The van der Waals surface area contributed by atoms with Crippen LogP contribution in [-0.2, 0) is 9.59 Å². The molecule has 0 heterocycles. The van der Waals surface area contributed by atoms with Crippen LogP contribution in [-0.4, -0.2) is 45.8 Å². The summed E-state index contributed by atoms with van der Waals surface area (Å²) < 4.78 is 0. The Labute approximate surface area is 111 Å². The number of nitrogens with zero attached hydrogens (tertiary/aromatic N) is 2. The molecule has 0 aliphatic rings. The lowest BCUT2D eigenvalue weighted by Crippen LogP contribution is -2.53. The first-order valence-electron chi connectivity index (χ1n) is 6.76. The highest BCUT2D eigenvalue weighted by atomic mass is 16.2. The number of rotatable bonds is 4. The third-order valence-electron chi connectivity index (χ3n) is 2.88. The molecule has 0 unspecified atom stereocenters. The maximum Gasteiger partial charge on any atom is 0.312 e. The van der Waals surface area contributed by atoms with E-state index in [4.69, 9.17) is 0 Å². The van der Waals surface area contributed by atoms with Crippen molar-refractivity contribution in [2.75, 3.05) is 0 Å². The van der Waals surface area contributed by atoms with Crippen molar-refractivity contribution in [3.05, 3.63) is 0 Å². The van der Waals surface area contributed by atoms with Crippen molar-refractivity contribution in [1.82, 2.24) is 9.80 Å². The van der Waals surface area contributed by atoms with E-state index in [9.17, 15) is 9.59 Å². The molecule has 0 aliphatic carbocycles. The molecule has 0 saturated heterocycles. The second-order valence-electron chi connectivity index (χ2n) is 5.80. The summed E-state index contributed by atoms with van der Waals surface area (Å²) in [6.07, 6.45) is 0. The van der Waals surface area contributed by atoms with Crippen molar-refractivity contribution >= 4 is 11.8 Å². The summed E-state index contributed by atoms with van der Waals surface area (Å²) >= 11 is 0. The molecule has 0 aliphatic heterocycles. The molecule has 0 saturated carbocycles. The monoisotopic (exact) mass is 256 g/mol. The average molecular weight is 256 g/mol. The van der Waals surface area contributed by atoms with Crippen LogP contribution in [0.1, 0.15) is 55.4 Å². The predicted molar refractivity (Wildman–Crippen MR) is 74.2 cm³/mol. The standard InChI is InChI=1S/C14H28N2O2/c1-9(2)15(10(3)4)13(17)14(18)16(11(5)6)12(7)8/h9-12H,1-8H3. The first-order valence-corrected chi connectivity index (χ1v) is 6.76. The summed E-state index contributed by atoms with van der Waals surface area (Å²) in [5.41, 5.74) is 0. The first kappa shape index (κ1) is 16.9. The Morgan fingerprint density at radius 2 is 0.722 bits per heavy atom. The predicted octanol–water partition coefficient (Wildman–Crippen LogP) is 2.28. The van der Waals surface area contributed by atoms with E-state index in [1.807, 2.05) is 55.4 Å². The van der Waals surface area contributed by atoms with Crippen LogP contribution >= 0.6 is 0 Å². The molecule has 0 aromatic heterocycles. The highest BCUT2D eigenvalue weighted by Gasteiger charge is 2.32. The van der Waals surface area contributed by atoms with Gasteiger partial charge in [0.2, 0.25) is 0 Å². The van der Waals surface area contributed by atoms with Gasteiger partial charge < -0.3 is 9.80 Å². The van der Waals surface area contributed by atoms with Gasteiger partial charge in [-0.05, 0) is 55.4 Å². The first-order chi connectivity index (χ1) is 8.11. The lowest BCUT2D eigenvalue weighted by atomic mass is 10.2. The lowest BCUT2D eigenvalue weighted by Gasteiger charge is -2.35. The fourth-order valence-corrected chi connectivity index (χ4v) is 2.35. The quantitative estimate of drug-likeness (QED) is 0.724. The summed E-state index contributed by atoms with van der Waals surface area (Å²) in [6.45, 7) is 15.4. The Morgan fingerprint density at radius 1 is 0.556 bits per heavy atom. The minimum atomic E-state index is -0.401. The van der Waals surface area contributed by atoms with E-state index < -0.39 is 11.8 Å². The SMILES string of the molecule is CC(C)N(C(=O)C(=O)N(C(C)C)C(C)C)C(C)C. The van der Waals surface area contributed by atoms with Gasteiger partial charge in [0, 0.05) is 24.2 Å². The Kier molecular flexibility index (Phi) is 6.36. The Morgan fingerprint density at radius 3 is 0.833 bits per heavy atom. The Balaban J connectivity index is 5.12. The van der Waals surface area contributed by atoms with Crippen LogP contribution in [0.25, 0.3) is 0 Å². The third-order valence-corrected chi connectivity index (χ3v) is 2.88. The smallest absolute Gasteiger partial charge is 0.312 e. The second-order valence-corrected chi connectivity index (χ2v) is 5.80. The minimum Gasteiger partial charge on any atom is -0.330 e. The number of hydrogen-bond acceptors (Lipinski definition) is 2. The molecule has 0 atom stereocenters. The second kappa shape index (κ2) is 6.76. The van der Waals surface area contributed by atoms with Gasteiger partial charge in [-0.2, -0.15) is 0 Å². The minimum absolute atomic E-state index is 0.0302. The van der Waals surface area contributed by atoms with E-state index in [1.165, 1.54) is 0 Å². The molecule has 18 heavy (non-hydrogen) atoms. The zero-order valence-electron chi connectivity index (χ0n) is 13.0. The van der Waals surface area contributed by atoms with Gasteiger partial charge in [-0.15, -0.1) is 0 Å². The molecule has 4 heteroatoms. The summed E-state index contributed by atoms with van der Waals surface area (Å²) in [5, 5.41) is 0. The number of carbonyl (C=O) groups is 2. The van der Waals surface area contributed by atoms with Gasteiger partial charge in [-0.1, -0.05) is 0 Å². The zero-order valence-corrected chi connectivity index (χ0v) is 13.0. The van der Waals surface area contributed by atoms with Crippen LogP contribution in [0.4, 0.5) is 0 Å². The normalized spacial score (nSPS) is 11.6. The Hall–Kier alpha value is -1.06. The molecule has 0 radical (unpaired) electrons. The van der Waals surface area contributed by atoms with E-state index in [0.717, 1.165) is 0 Å². The van der Waals surface area contributed by atoms with Gasteiger partial charge in [0.25, 0.3) is 0 Å². The van der Waals surface area contributed by atoms with Crippen molar-refractivity contribution in [2.45, 2.75) is 79.6 Å². The van der Waals surface area contributed by atoms with Gasteiger partial charge in [-0.3, -0.25) is 9.59 Å². The van der Waals surface area contributed by atoms with Crippen LogP contribution < -0.4 is 0 Å². The van der Waals surface area contributed by atoms with E-state index in [0.29, 0.717) is 0 Å². The van der Waals surface area contributed by atoms with Gasteiger partial charge in [-0.25, -0.2) is 0 Å². The molecule has 0 aromatic carbocycles. The fraction of sp³-hybridized carbons (Fsp3) is 0.857.